The third-order valence-corrected chi connectivity index (χ3v) is 5.80. The maximum atomic E-state index is 14.0. The number of nitrogens with zero attached hydrogens (tertiary/aromatic N) is 4. The number of alkyl halides is 2. The Balaban J connectivity index is 0.000000191. The van der Waals surface area contributed by atoms with Crippen LogP contribution in [0.15, 0.2) is 34.1 Å². The van der Waals surface area contributed by atoms with E-state index in [-0.39, 0.29) is 23.7 Å². The Bertz CT molecular complexity index is 1010. The molecular weight excluding hydrogens is 458 g/mol. The Morgan fingerprint density at radius 3 is 1.82 bits per heavy atom. The van der Waals surface area contributed by atoms with Crippen LogP contribution in [0.3, 0.4) is 0 Å². The first-order valence-corrected chi connectivity index (χ1v) is 10.7. The molecule has 6 N–H and O–H groups in total. The number of ether oxygens (including phenoxy) is 2. The molecule has 2 saturated heterocycles. The van der Waals surface area contributed by atoms with Gasteiger partial charge in [0.15, 0.2) is 24.8 Å². The van der Waals surface area contributed by atoms with Gasteiger partial charge in [-0.05, 0) is 18.6 Å². The molecule has 2 fully saturated rings. The molecule has 8 atom stereocenters. The zero-order chi connectivity index (χ0) is 25.2. The lowest BCUT2D eigenvalue weighted by Gasteiger charge is -2.15. The normalized spacial score (nSPS) is 32.9. The monoisotopic (exact) mass is 486 g/mol. The summed E-state index contributed by atoms with van der Waals surface area (Å²) in [5.74, 6) is -0.0897. The molecule has 14 heteroatoms. The van der Waals surface area contributed by atoms with Gasteiger partial charge in [0.1, 0.15) is 23.8 Å². The van der Waals surface area contributed by atoms with Gasteiger partial charge < -0.3 is 31.2 Å². The zero-order valence-corrected chi connectivity index (χ0v) is 18.6. The van der Waals surface area contributed by atoms with E-state index in [1.807, 2.05) is 6.92 Å². The van der Waals surface area contributed by atoms with Crippen LogP contribution in [0.1, 0.15) is 32.7 Å². The summed E-state index contributed by atoms with van der Waals surface area (Å²) in [4.78, 5) is 30.0. The maximum Gasteiger partial charge on any atom is 0.351 e. The standard InChI is InChI=1S/C11H16FN3O2.C9H12FN3O4/c1-3-7-6(2)9(12)10(17-7)15-5-4-8(13)14-11(15)16;10-6-7(15)4(3-14)17-8(6)13-2-1-5(11)12-9(13)16/h4-7,9-10H,3H2,1-2H3,(H2,13,14,16);1-2,4,6-8,14-15H,3H2,(H2,11,12,16)/t6-,7-,9-,10-;4-,6-,7-,8-/m11/s1. The Kier molecular flexibility index (Phi) is 7.97. The second-order valence-electron chi connectivity index (χ2n) is 8.04. The first-order valence-electron chi connectivity index (χ1n) is 10.7. The molecule has 0 spiro atoms. The highest BCUT2D eigenvalue weighted by Crippen LogP contribution is 2.36. The predicted octanol–water partition coefficient (Wildman–Crippen LogP) is -0.479. The van der Waals surface area contributed by atoms with E-state index in [9.17, 15) is 23.5 Å². The molecule has 2 aliphatic rings. The van der Waals surface area contributed by atoms with Gasteiger partial charge in [0.05, 0.1) is 12.7 Å². The average Bonchev–Trinajstić information content (AvgIpc) is 3.24. The molecule has 0 unspecified atom stereocenters. The van der Waals surface area contributed by atoms with E-state index in [1.54, 1.807) is 6.92 Å². The van der Waals surface area contributed by atoms with Crippen LogP contribution in [0.4, 0.5) is 20.4 Å². The SMILES string of the molecule is CC[C@H]1O[C@@H](n2ccc(N)nc2=O)[C@H](F)[C@@H]1C.Nc1ccn([C@@H]2O[C@H](CO)[C@@H](O)[C@H]2F)c(=O)n1. The van der Waals surface area contributed by atoms with Gasteiger partial charge in [-0.1, -0.05) is 13.8 Å². The molecule has 2 aromatic heterocycles. The van der Waals surface area contributed by atoms with E-state index in [1.165, 1.54) is 24.5 Å². The summed E-state index contributed by atoms with van der Waals surface area (Å²) in [5.41, 5.74) is 9.32. The number of aromatic nitrogens is 4. The van der Waals surface area contributed by atoms with Crippen molar-refractivity contribution in [3.8, 4) is 0 Å². The Morgan fingerprint density at radius 1 is 0.971 bits per heavy atom. The van der Waals surface area contributed by atoms with Crippen molar-refractivity contribution in [1.82, 2.24) is 19.1 Å². The van der Waals surface area contributed by atoms with E-state index in [4.69, 9.17) is 26.0 Å². The number of anilines is 2. The van der Waals surface area contributed by atoms with Crippen molar-refractivity contribution >= 4 is 11.6 Å². The molecule has 2 aliphatic heterocycles. The number of nitrogens with two attached hydrogens (primary N) is 2. The van der Waals surface area contributed by atoms with Crippen LogP contribution in [0, 0.1) is 5.92 Å². The summed E-state index contributed by atoms with van der Waals surface area (Å²) in [6, 6.07) is 2.78. The molecule has 0 amide bonds. The number of hydrogen-bond acceptors (Lipinski definition) is 10. The third kappa shape index (κ3) is 5.09. The van der Waals surface area contributed by atoms with E-state index in [0.29, 0.717) is 0 Å². The maximum absolute atomic E-state index is 14.0. The molecule has 0 bridgehead atoms. The number of nitrogen functional groups attached to an aromatic ring is 2. The zero-order valence-electron chi connectivity index (χ0n) is 18.6. The van der Waals surface area contributed by atoms with E-state index >= 15 is 0 Å². The van der Waals surface area contributed by atoms with Crippen LogP contribution in [-0.4, -0.2) is 66.6 Å². The second kappa shape index (κ2) is 10.5. The average molecular weight is 486 g/mol. The minimum absolute atomic E-state index is 0.0129. The highest BCUT2D eigenvalue weighted by atomic mass is 19.1. The lowest BCUT2D eigenvalue weighted by Crippen LogP contribution is -2.33. The van der Waals surface area contributed by atoms with E-state index < -0.39 is 55.0 Å². The lowest BCUT2D eigenvalue weighted by molar-refractivity contribution is -0.0490. The van der Waals surface area contributed by atoms with Crippen LogP contribution < -0.4 is 22.8 Å². The van der Waals surface area contributed by atoms with E-state index in [2.05, 4.69) is 9.97 Å². The number of aliphatic hydroxyl groups is 2. The molecule has 12 nitrogen and oxygen atoms in total. The highest BCUT2D eigenvalue weighted by Gasteiger charge is 2.45. The van der Waals surface area contributed by atoms with Gasteiger partial charge in [0, 0.05) is 18.3 Å². The molecule has 0 radical (unpaired) electrons. The van der Waals surface area contributed by atoms with Crippen molar-refractivity contribution in [2.24, 2.45) is 5.92 Å². The molecule has 0 saturated carbocycles. The summed E-state index contributed by atoms with van der Waals surface area (Å²) in [5, 5.41) is 18.3. The van der Waals surface area contributed by atoms with Crippen molar-refractivity contribution in [3.63, 3.8) is 0 Å². The molecule has 4 rings (SSSR count). The third-order valence-electron chi connectivity index (χ3n) is 5.80. The van der Waals surface area contributed by atoms with Gasteiger partial charge in [0.25, 0.3) is 0 Å². The Labute approximate surface area is 192 Å². The van der Waals surface area contributed by atoms with Crippen molar-refractivity contribution < 1.29 is 28.5 Å². The Morgan fingerprint density at radius 2 is 1.44 bits per heavy atom. The van der Waals surface area contributed by atoms with Gasteiger partial charge in [0.2, 0.25) is 0 Å². The van der Waals surface area contributed by atoms with Crippen LogP contribution in [0.2, 0.25) is 0 Å². The molecule has 4 heterocycles. The molecule has 0 aliphatic carbocycles. The molecule has 188 valence electrons. The Hall–Kier alpha value is -2.94. The fourth-order valence-corrected chi connectivity index (χ4v) is 3.85. The number of rotatable bonds is 4. The number of halogens is 2. The number of aliphatic hydroxyl groups excluding tert-OH is 2. The van der Waals surface area contributed by atoms with Crippen molar-refractivity contribution in [2.75, 3.05) is 18.1 Å². The number of hydrogen-bond donors (Lipinski definition) is 4. The minimum atomic E-state index is -1.81. The quantitative estimate of drug-likeness (QED) is 0.441. The first-order chi connectivity index (χ1) is 16.1. The second-order valence-corrected chi connectivity index (χ2v) is 8.04. The topological polar surface area (TPSA) is 181 Å². The van der Waals surface area contributed by atoms with Gasteiger partial charge in [-0.15, -0.1) is 0 Å². The summed E-state index contributed by atoms with van der Waals surface area (Å²) in [6.07, 6.45) is -4.54. The van der Waals surface area contributed by atoms with Crippen molar-refractivity contribution in [3.05, 3.63) is 45.5 Å². The van der Waals surface area contributed by atoms with Gasteiger partial charge in [-0.2, -0.15) is 9.97 Å². The largest absolute Gasteiger partial charge is 0.394 e. The summed E-state index contributed by atoms with van der Waals surface area (Å²) < 4.78 is 40.4. The highest BCUT2D eigenvalue weighted by molar-refractivity contribution is 5.24. The van der Waals surface area contributed by atoms with Gasteiger partial charge >= 0.3 is 11.4 Å². The summed E-state index contributed by atoms with van der Waals surface area (Å²) in [7, 11) is 0. The van der Waals surface area contributed by atoms with Crippen molar-refractivity contribution in [1.29, 1.82) is 0 Å². The molecule has 2 aromatic rings. The fraction of sp³-hybridized carbons (Fsp3) is 0.600. The minimum Gasteiger partial charge on any atom is -0.394 e. The molecular formula is C20H28F2N6O6. The van der Waals surface area contributed by atoms with Crippen LogP contribution in [-0.2, 0) is 9.47 Å². The predicted molar refractivity (Wildman–Crippen MR) is 116 cm³/mol. The molecule has 0 aromatic carbocycles. The smallest absolute Gasteiger partial charge is 0.351 e. The molecule has 34 heavy (non-hydrogen) atoms. The van der Waals surface area contributed by atoms with Crippen LogP contribution >= 0.6 is 0 Å². The first kappa shape index (κ1) is 25.7. The van der Waals surface area contributed by atoms with E-state index in [0.717, 1.165) is 15.6 Å². The lowest BCUT2D eigenvalue weighted by atomic mass is 10.00. The van der Waals surface area contributed by atoms with Gasteiger partial charge in [-0.3, -0.25) is 9.13 Å². The summed E-state index contributed by atoms with van der Waals surface area (Å²) in [6.45, 7) is 3.18. The fourth-order valence-electron chi connectivity index (χ4n) is 3.85. The van der Waals surface area contributed by atoms with Crippen molar-refractivity contribution in [2.45, 2.75) is 63.4 Å². The van der Waals surface area contributed by atoms with Crippen LogP contribution in [0.5, 0.6) is 0 Å². The van der Waals surface area contributed by atoms with Crippen LogP contribution in [0.25, 0.3) is 0 Å². The summed E-state index contributed by atoms with van der Waals surface area (Å²) >= 11 is 0. The van der Waals surface area contributed by atoms with Gasteiger partial charge in [-0.25, -0.2) is 18.4 Å².